The second kappa shape index (κ2) is 5.46. The van der Waals surface area contributed by atoms with Crippen LogP contribution in [-0.4, -0.2) is 29.8 Å². The van der Waals surface area contributed by atoms with Gasteiger partial charge in [-0.2, -0.15) is 0 Å². The molecule has 0 unspecified atom stereocenters. The summed E-state index contributed by atoms with van der Waals surface area (Å²) in [4.78, 5) is 14.9. The average Bonchev–Trinajstić information content (AvgIpc) is 3.05. The number of carbonyl (C=O) groups excluding carboxylic acids is 1. The number of amides is 1. The van der Waals surface area contributed by atoms with E-state index in [4.69, 9.17) is 21.1 Å². The number of thiophene rings is 1. The molecule has 1 N–H and O–H groups in total. The number of benzene rings is 1. The predicted molar refractivity (Wildman–Crippen MR) is 79.4 cm³/mol. The number of aromatic hydroxyl groups is 1. The lowest BCUT2D eigenvalue weighted by Crippen LogP contribution is -2.25. The van der Waals surface area contributed by atoms with Crippen LogP contribution in [0.2, 0.25) is 4.34 Å². The summed E-state index contributed by atoms with van der Waals surface area (Å²) in [5, 5.41) is 9.96. The standard InChI is InChI=1S/C14H12ClNO4S/c1-16(6-8-2-3-13(15)21-8)14(18)9-4-11-12(5-10(9)17)20-7-19-11/h2-5,17H,6-7H2,1H3. The quantitative estimate of drug-likeness (QED) is 0.942. The Bertz CT molecular complexity index is 700. The van der Waals surface area contributed by atoms with Crippen LogP contribution in [-0.2, 0) is 6.54 Å². The molecule has 0 saturated carbocycles. The van der Waals surface area contributed by atoms with Crippen molar-refractivity contribution in [3.63, 3.8) is 0 Å². The molecule has 1 amide bonds. The van der Waals surface area contributed by atoms with Crippen LogP contribution in [0.5, 0.6) is 17.2 Å². The fraction of sp³-hybridized carbons (Fsp3) is 0.214. The summed E-state index contributed by atoms with van der Waals surface area (Å²) in [6.07, 6.45) is 0. The first-order valence-corrected chi connectivity index (χ1v) is 7.36. The number of fused-ring (bicyclic) bond motifs is 1. The van der Waals surface area contributed by atoms with E-state index < -0.39 is 0 Å². The lowest BCUT2D eigenvalue weighted by molar-refractivity contribution is 0.0783. The van der Waals surface area contributed by atoms with E-state index >= 15 is 0 Å². The van der Waals surface area contributed by atoms with Gasteiger partial charge < -0.3 is 19.5 Å². The Kier molecular flexibility index (Phi) is 3.65. The minimum absolute atomic E-state index is 0.0932. The van der Waals surface area contributed by atoms with Gasteiger partial charge in [-0.05, 0) is 12.1 Å². The fourth-order valence-electron chi connectivity index (χ4n) is 2.05. The predicted octanol–water partition coefficient (Wildman–Crippen LogP) is 3.11. The van der Waals surface area contributed by atoms with Crippen molar-refractivity contribution < 1.29 is 19.4 Å². The topological polar surface area (TPSA) is 59.0 Å². The smallest absolute Gasteiger partial charge is 0.257 e. The van der Waals surface area contributed by atoms with E-state index in [-0.39, 0.29) is 24.0 Å². The summed E-state index contributed by atoms with van der Waals surface area (Å²) in [6, 6.07) is 6.55. The Balaban J connectivity index is 1.81. The number of nitrogens with zero attached hydrogens (tertiary/aromatic N) is 1. The number of phenols is 1. The van der Waals surface area contributed by atoms with Crippen LogP contribution in [0.15, 0.2) is 24.3 Å². The zero-order valence-electron chi connectivity index (χ0n) is 11.1. The average molecular weight is 326 g/mol. The zero-order chi connectivity index (χ0) is 15.0. The molecule has 110 valence electrons. The monoisotopic (exact) mass is 325 g/mol. The highest BCUT2D eigenvalue weighted by atomic mass is 35.5. The van der Waals surface area contributed by atoms with Crippen LogP contribution in [0.25, 0.3) is 0 Å². The number of ether oxygens (including phenoxy) is 2. The maximum atomic E-state index is 12.4. The third-order valence-electron chi connectivity index (χ3n) is 3.09. The fourth-order valence-corrected chi connectivity index (χ4v) is 3.19. The van der Waals surface area contributed by atoms with Crippen molar-refractivity contribution in [2.75, 3.05) is 13.8 Å². The largest absolute Gasteiger partial charge is 0.507 e. The van der Waals surface area contributed by atoms with Crippen LogP contribution < -0.4 is 9.47 Å². The molecule has 1 aliphatic heterocycles. The molecule has 0 radical (unpaired) electrons. The molecule has 2 aromatic rings. The molecule has 2 heterocycles. The maximum absolute atomic E-state index is 12.4. The van der Waals surface area contributed by atoms with Gasteiger partial charge in [0.05, 0.1) is 16.4 Å². The van der Waals surface area contributed by atoms with Gasteiger partial charge in [0.15, 0.2) is 11.5 Å². The summed E-state index contributed by atoms with van der Waals surface area (Å²) in [5.41, 5.74) is 0.185. The van der Waals surface area contributed by atoms with E-state index in [9.17, 15) is 9.90 Å². The second-order valence-electron chi connectivity index (χ2n) is 4.59. The molecule has 0 saturated heterocycles. The van der Waals surface area contributed by atoms with Gasteiger partial charge in [-0.1, -0.05) is 11.6 Å². The van der Waals surface area contributed by atoms with Gasteiger partial charge in [-0.15, -0.1) is 11.3 Å². The van der Waals surface area contributed by atoms with Crippen molar-refractivity contribution >= 4 is 28.8 Å². The second-order valence-corrected chi connectivity index (χ2v) is 6.39. The highest BCUT2D eigenvalue weighted by Crippen LogP contribution is 2.38. The Morgan fingerprint density at radius 1 is 1.38 bits per heavy atom. The van der Waals surface area contributed by atoms with Crippen molar-refractivity contribution in [1.82, 2.24) is 4.90 Å². The first-order valence-electron chi connectivity index (χ1n) is 6.17. The van der Waals surface area contributed by atoms with Crippen molar-refractivity contribution in [1.29, 1.82) is 0 Å². The molecule has 21 heavy (non-hydrogen) atoms. The molecule has 7 heteroatoms. The van der Waals surface area contributed by atoms with Gasteiger partial charge in [0, 0.05) is 24.1 Å². The van der Waals surface area contributed by atoms with E-state index in [1.165, 1.54) is 28.4 Å². The van der Waals surface area contributed by atoms with Gasteiger partial charge in [0.2, 0.25) is 6.79 Å². The first kappa shape index (κ1) is 14.0. The van der Waals surface area contributed by atoms with Crippen LogP contribution >= 0.6 is 22.9 Å². The van der Waals surface area contributed by atoms with Gasteiger partial charge in [-0.25, -0.2) is 0 Å². The zero-order valence-corrected chi connectivity index (χ0v) is 12.7. The van der Waals surface area contributed by atoms with Crippen molar-refractivity contribution in [3.05, 3.63) is 39.0 Å². The van der Waals surface area contributed by atoms with Gasteiger partial charge in [0.25, 0.3) is 5.91 Å². The Morgan fingerprint density at radius 2 is 2.10 bits per heavy atom. The van der Waals surface area contributed by atoms with Crippen molar-refractivity contribution in [2.24, 2.45) is 0 Å². The number of hydrogen-bond acceptors (Lipinski definition) is 5. The summed E-state index contributed by atoms with van der Waals surface area (Å²) in [7, 11) is 1.67. The highest BCUT2D eigenvalue weighted by Gasteiger charge is 2.23. The van der Waals surface area contributed by atoms with E-state index in [0.29, 0.717) is 22.4 Å². The highest BCUT2D eigenvalue weighted by molar-refractivity contribution is 7.16. The third-order valence-corrected chi connectivity index (χ3v) is 4.31. The minimum Gasteiger partial charge on any atom is -0.507 e. The van der Waals surface area contributed by atoms with E-state index in [0.717, 1.165) is 4.88 Å². The summed E-state index contributed by atoms with van der Waals surface area (Å²) in [6.45, 7) is 0.514. The summed E-state index contributed by atoms with van der Waals surface area (Å²) >= 11 is 7.29. The Morgan fingerprint density at radius 3 is 2.76 bits per heavy atom. The molecule has 0 fully saturated rings. The molecule has 1 aliphatic rings. The SMILES string of the molecule is CN(Cc1ccc(Cl)s1)C(=O)c1cc2c(cc1O)OCO2. The van der Waals surface area contributed by atoms with Gasteiger partial charge >= 0.3 is 0 Å². The van der Waals surface area contributed by atoms with E-state index in [1.807, 2.05) is 6.07 Å². The molecule has 1 aromatic heterocycles. The van der Waals surface area contributed by atoms with E-state index in [2.05, 4.69) is 0 Å². The number of phenolic OH excluding ortho intramolecular Hbond substituents is 1. The van der Waals surface area contributed by atoms with Crippen LogP contribution in [0.3, 0.4) is 0 Å². The van der Waals surface area contributed by atoms with Crippen LogP contribution in [0, 0.1) is 0 Å². The molecule has 0 bridgehead atoms. The molecule has 1 aromatic carbocycles. The van der Waals surface area contributed by atoms with Crippen molar-refractivity contribution in [2.45, 2.75) is 6.54 Å². The molecular formula is C14H12ClNO4S. The third kappa shape index (κ3) is 2.77. The minimum atomic E-state index is -0.296. The van der Waals surface area contributed by atoms with Crippen LogP contribution in [0.4, 0.5) is 0 Å². The summed E-state index contributed by atoms with van der Waals surface area (Å²) in [5.74, 6) is 0.482. The lowest BCUT2D eigenvalue weighted by atomic mass is 10.1. The molecule has 5 nitrogen and oxygen atoms in total. The number of rotatable bonds is 3. The molecular weight excluding hydrogens is 314 g/mol. The molecule has 0 atom stereocenters. The Hall–Kier alpha value is -1.92. The molecule has 0 spiro atoms. The number of halogens is 1. The maximum Gasteiger partial charge on any atom is 0.257 e. The van der Waals surface area contributed by atoms with Crippen molar-refractivity contribution in [3.8, 4) is 17.2 Å². The lowest BCUT2D eigenvalue weighted by Gasteiger charge is -2.17. The summed E-state index contributed by atoms with van der Waals surface area (Å²) < 4.78 is 11.1. The number of carbonyl (C=O) groups is 1. The normalized spacial score (nSPS) is 12.5. The van der Waals surface area contributed by atoms with Gasteiger partial charge in [0.1, 0.15) is 5.75 Å². The van der Waals surface area contributed by atoms with E-state index in [1.54, 1.807) is 13.1 Å². The number of hydrogen-bond donors (Lipinski definition) is 1. The van der Waals surface area contributed by atoms with Crippen LogP contribution in [0.1, 0.15) is 15.2 Å². The molecule has 3 rings (SSSR count). The first-order chi connectivity index (χ1) is 10.0. The van der Waals surface area contributed by atoms with Gasteiger partial charge in [-0.3, -0.25) is 4.79 Å². The molecule has 0 aliphatic carbocycles. The Labute approximate surface area is 130 Å².